The molecule has 2 fully saturated rings. The number of hydrogen-bond donors (Lipinski definition) is 0. The van der Waals surface area contributed by atoms with Crippen LogP contribution in [0.4, 0.5) is 4.79 Å². The molecule has 0 aromatic heterocycles. The fourth-order valence-electron chi connectivity index (χ4n) is 7.09. The molecule has 0 radical (unpaired) electrons. The highest BCUT2D eigenvalue weighted by Crippen LogP contribution is 2.46. The number of nitrogens with zero attached hydrogens (tertiary/aromatic N) is 1. The Hall–Kier alpha value is -4.13. The number of benzene rings is 3. The highest BCUT2D eigenvalue weighted by molar-refractivity contribution is 6.74. The van der Waals surface area contributed by atoms with E-state index in [1.807, 2.05) is 66.7 Å². The lowest BCUT2D eigenvalue weighted by atomic mass is 9.94. The fourth-order valence-corrected chi connectivity index (χ4v) is 8.22. The average molecular weight is 712 g/mol. The first-order valence-corrected chi connectivity index (χ1v) is 20.4. The van der Waals surface area contributed by atoms with Gasteiger partial charge in [-0.05, 0) is 54.2 Å². The second-order valence-electron chi connectivity index (χ2n) is 15.2. The van der Waals surface area contributed by atoms with Crippen LogP contribution in [0.25, 0.3) is 11.1 Å². The third-order valence-corrected chi connectivity index (χ3v) is 15.5. The summed E-state index contributed by atoms with van der Waals surface area (Å²) >= 11 is 0. The molecule has 11 heteroatoms. The van der Waals surface area contributed by atoms with Gasteiger partial charge in [-0.25, -0.2) is 4.79 Å². The molecular weight excluding hydrogens is 667 g/mol. The van der Waals surface area contributed by atoms with Gasteiger partial charge in [0.1, 0.15) is 24.9 Å². The lowest BCUT2D eigenvalue weighted by Crippen LogP contribution is -2.70. The van der Waals surface area contributed by atoms with Crippen LogP contribution < -0.4 is 0 Å². The normalized spacial score (nSPS) is 26.5. The van der Waals surface area contributed by atoms with Crippen LogP contribution >= 0.6 is 0 Å². The molecule has 6 atom stereocenters. The second-order valence-corrected chi connectivity index (χ2v) is 19.9. The number of carbonyl (C=O) groups is 3. The van der Waals surface area contributed by atoms with Gasteiger partial charge >= 0.3 is 6.16 Å². The quantitative estimate of drug-likeness (QED) is 0.142. The molecule has 7 rings (SSSR count). The maximum atomic E-state index is 13.9. The first kappa shape index (κ1) is 35.3. The van der Waals surface area contributed by atoms with Gasteiger partial charge in [-0.3, -0.25) is 14.5 Å². The van der Waals surface area contributed by atoms with Gasteiger partial charge in [0.15, 0.2) is 27.0 Å². The molecular formula is C40H45NO9Si. The molecule has 0 unspecified atom stereocenters. The van der Waals surface area contributed by atoms with Crippen LogP contribution in [0.5, 0.6) is 0 Å². The van der Waals surface area contributed by atoms with Gasteiger partial charge < -0.3 is 28.1 Å². The predicted molar refractivity (Wildman–Crippen MR) is 191 cm³/mol. The Bertz CT molecular complexity index is 1800. The zero-order valence-corrected chi connectivity index (χ0v) is 31.1. The first-order chi connectivity index (χ1) is 24.3. The van der Waals surface area contributed by atoms with Crippen molar-refractivity contribution in [3.63, 3.8) is 0 Å². The molecule has 4 aliphatic rings. The summed E-state index contributed by atoms with van der Waals surface area (Å²) in [4.78, 5) is 42.7. The number of fused-ring (bicyclic) bond motifs is 4. The van der Waals surface area contributed by atoms with E-state index in [9.17, 15) is 14.4 Å². The molecule has 51 heavy (non-hydrogen) atoms. The van der Waals surface area contributed by atoms with Crippen LogP contribution in [0.2, 0.25) is 18.1 Å². The smallest absolute Gasteiger partial charge is 0.433 e. The Balaban J connectivity index is 1.23. The number of imide groups is 1. The predicted octanol–water partition coefficient (Wildman–Crippen LogP) is 7.26. The number of rotatable bonds is 7. The van der Waals surface area contributed by atoms with Crippen molar-refractivity contribution in [3.05, 3.63) is 107 Å². The minimum absolute atomic E-state index is 0.0245. The molecule has 0 N–H and O–H groups in total. The monoisotopic (exact) mass is 711 g/mol. The highest BCUT2D eigenvalue weighted by atomic mass is 28.4. The number of hydrogen-bond acceptors (Lipinski definition) is 9. The summed E-state index contributed by atoms with van der Waals surface area (Å²) in [7, 11) is -2.60. The van der Waals surface area contributed by atoms with Crippen molar-refractivity contribution in [2.75, 3.05) is 13.2 Å². The van der Waals surface area contributed by atoms with Crippen molar-refractivity contribution in [3.8, 4) is 11.1 Å². The molecule has 1 aliphatic carbocycles. The van der Waals surface area contributed by atoms with Gasteiger partial charge in [-0.2, -0.15) is 0 Å². The lowest BCUT2D eigenvalue weighted by molar-refractivity contribution is -0.341. The van der Waals surface area contributed by atoms with E-state index >= 15 is 0 Å². The molecule has 3 aromatic rings. The summed E-state index contributed by atoms with van der Waals surface area (Å²) in [6, 6.07) is 24.4. The molecule has 10 nitrogen and oxygen atoms in total. The minimum Gasteiger partial charge on any atom is -0.433 e. The molecule has 3 aliphatic heterocycles. The van der Waals surface area contributed by atoms with Crippen LogP contribution in [0.1, 0.15) is 63.5 Å². The van der Waals surface area contributed by atoms with Crippen molar-refractivity contribution in [1.82, 2.24) is 4.90 Å². The van der Waals surface area contributed by atoms with E-state index in [1.54, 1.807) is 13.8 Å². The number of carbonyl (C=O) groups excluding carboxylic acids is 3. The van der Waals surface area contributed by atoms with E-state index in [4.69, 9.17) is 28.1 Å². The zero-order chi connectivity index (χ0) is 36.2. The maximum Gasteiger partial charge on any atom is 0.508 e. The Labute approximate surface area is 299 Å². The van der Waals surface area contributed by atoms with Crippen LogP contribution in [0, 0.1) is 0 Å². The topological polar surface area (TPSA) is 110 Å². The summed E-state index contributed by atoms with van der Waals surface area (Å²) in [5.74, 6) is -1.20. The molecule has 0 bridgehead atoms. The van der Waals surface area contributed by atoms with Crippen molar-refractivity contribution in [1.29, 1.82) is 0 Å². The van der Waals surface area contributed by atoms with E-state index in [0.29, 0.717) is 11.1 Å². The summed E-state index contributed by atoms with van der Waals surface area (Å²) in [6.45, 7) is 13.7. The summed E-state index contributed by atoms with van der Waals surface area (Å²) in [5.41, 5.74) is 5.68. The van der Waals surface area contributed by atoms with Gasteiger partial charge in [-0.15, -0.1) is 0 Å². The molecule has 268 valence electrons. The van der Waals surface area contributed by atoms with E-state index in [0.717, 1.165) is 32.7 Å². The van der Waals surface area contributed by atoms with Crippen molar-refractivity contribution >= 4 is 26.3 Å². The molecule has 2 saturated heterocycles. The van der Waals surface area contributed by atoms with Crippen LogP contribution in [-0.2, 0) is 37.7 Å². The molecule has 3 aromatic carbocycles. The van der Waals surface area contributed by atoms with Crippen LogP contribution in [-0.4, -0.2) is 75.0 Å². The highest BCUT2D eigenvalue weighted by Gasteiger charge is 2.59. The zero-order valence-electron chi connectivity index (χ0n) is 30.1. The standard InChI is InChI=1S/C40H45NO9Si/c1-23-24(2)36(43)41(35(23)42)32-34(49-39(44)46-21-30-28-19-13-11-17-26(28)27-18-12-14-20-29(27)30)33-31(47-38(32)50-51(6,7)40(3,4)5)22-45-37(48-33)25-15-9-8-10-16-25/h8-20,30-34,37-38H,21-22H2,1-7H3/t31-,32-,33-,34-,37-,38+/m1/s1. The van der Waals surface area contributed by atoms with E-state index in [1.165, 1.54) is 0 Å². The SMILES string of the molecule is CC1=C(C)C(=O)N([C@H]2[C@H](O[Si](C)(C)C(C)(C)C)O[C@@H]3CO[C@@H](c4ccccc4)O[C@H]3[C@@H]2OC(=O)OCC2c3ccccc3-c3ccccc32)C1=O. The third-order valence-electron chi connectivity index (χ3n) is 11.1. The fraction of sp³-hybridized carbons (Fsp3) is 0.425. The summed E-state index contributed by atoms with van der Waals surface area (Å²) in [6.07, 6.45) is -5.79. The molecule has 2 amide bonds. The molecule has 0 saturated carbocycles. The van der Waals surface area contributed by atoms with E-state index in [-0.39, 0.29) is 24.2 Å². The number of amides is 2. The van der Waals surface area contributed by atoms with Gasteiger partial charge in [0.25, 0.3) is 11.8 Å². The van der Waals surface area contributed by atoms with Crippen molar-refractivity contribution in [2.45, 2.75) is 95.6 Å². The lowest BCUT2D eigenvalue weighted by Gasteiger charge is -2.52. The molecule has 3 heterocycles. The Morgan fingerprint density at radius 2 is 1.41 bits per heavy atom. The van der Waals surface area contributed by atoms with Gasteiger partial charge in [0.05, 0.1) is 6.61 Å². The Morgan fingerprint density at radius 3 is 2.00 bits per heavy atom. The first-order valence-electron chi connectivity index (χ1n) is 17.5. The third kappa shape index (κ3) is 6.35. The molecule has 0 spiro atoms. The van der Waals surface area contributed by atoms with Crippen LogP contribution in [0.3, 0.4) is 0 Å². The van der Waals surface area contributed by atoms with Gasteiger partial charge in [0, 0.05) is 22.6 Å². The summed E-state index contributed by atoms with van der Waals surface area (Å²) < 4.78 is 38.3. The number of ether oxygens (including phenoxy) is 5. The van der Waals surface area contributed by atoms with Crippen LogP contribution in [0.15, 0.2) is 90.0 Å². The van der Waals surface area contributed by atoms with Gasteiger partial charge in [-0.1, -0.05) is 99.6 Å². The largest absolute Gasteiger partial charge is 0.508 e. The second kappa shape index (κ2) is 13.4. The van der Waals surface area contributed by atoms with Crippen molar-refractivity contribution < 1.29 is 42.5 Å². The Morgan fingerprint density at radius 1 is 0.843 bits per heavy atom. The van der Waals surface area contributed by atoms with Crippen molar-refractivity contribution in [2.24, 2.45) is 0 Å². The maximum absolute atomic E-state index is 13.9. The Kier molecular flexibility index (Phi) is 9.30. The average Bonchev–Trinajstić information content (AvgIpc) is 3.53. The van der Waals surface area contributed by atoms with Gasteiger partial charge in [0.2, 0.25) is 0 Å². The van der Waals surface area contributed by atoms with E-state index in [2.05, 4.69) is 46.0 Å². The summed E-state index contributed by atoms with van der Waals surface area (Å²) in [5, 5.41) is -0.248. The van der Waals surface area contributed by atoms with E-state index < -0.39 is 63.2 Å². The minimum atomic E-state index is -2.60.